The molecule has 3 aromatic heterocycles. The quantitative estimate of drug-likeness (QED) is 0.463. The van der Waals surface area contributed by atoms with Gasteiger partial charge in [0.2, 0.25) is 0 Å². The number of fused-ring (bicyclic) bond motifs is 2. The van der Waals surface area contributed by atoms with Gasteiger partial charge in [0, 0.05) is 46.2 Å². The second kappa shape index (κ2) is 5.77. The normalized spacial score (nSPS) is 11.3. The first-order chi connectivity index (χ1) is 12.8. The van der Waals surface area contributed by atoms with Gasteiger partial charge in [-0.25, -0.2) is 4.98 Å². The maximum absolute atomic E-state index is 5.53. The van der Waals surface area contributed by atoms with Gasteiger partial charge in [-0.15, -0.1) is 0 Å². The van der Waals surface area contributed by atoms with Crippen molar-refractivity contribution in [3.8, 4) is 28.0 Å². The number of rotatable bonds is 3. The first kappa shape index (κ1) is 14.8. The molecule has 0 saturated heterocycles. The highest BCUT2D eigenvalue weighted by Crippen LogP contribution is 2.36. The fraction of sp³-hybridized carbons (Fsp3) is 0.0455. The number of aromatic amines is 2. The fourth-order valence-electron chi connectivity index (χ4n) is 3.48. The Morgan fingerprint density at radius 2 is 1.81 bits per heavy atom. The van der Waals surface area contributed by atoms with E-state index in [-0.39, 0.29) is 0 Å². The molecular formula is C22H17N3O. The number of methoxy groups -OCH3 is 1. The van der Waals surface area contributed by atoms with Crippen LogP contribution in [0.2, 0.25) is 0 Å². The molecule has 5 aromatic rings. The monoisotopic (exact) mass is 339 g/mol. The minimum Gasteiger partial charge on any atom is -0.496 e. The molecule has 3 heterocycles. The highest BCUT2D eigenvalue weighted by atomic mass is 16.5. The molecule has 2 aromatic carbocycles. The lowest BCUT2D eigenvalue weighted by molar-refractivity contribution is 0.416. The number of aromatic nitrogens is 3. The van der Waals surface area contributed by atoms with Crippen LogP contribution in [0.1, 0.15) is 0 Å². The molecular weight excluding hydrogens is 322 g/mol. The SMILES string of the molecule is COc1ccccc1-c1c[nH]c2ncc(-c3ccc4[nH]ccc4c3)cc12. The number of hydrogen-bond acceptors (Lipinski definition) is 2. The number of hydrogen-bond donors (Lipinski definition) is 2. The smallest absolute Gasteiger partial charge is 0.137 e. The molecule has 0 amide bonds. The van der Waals surface area contributed by atoms with Crippen molar-refractivity contribution in [1.82, 2.24) is 15.0 Å². The first-order valence-electron chi connectivity index (χ1n) is 8.51. The maximum Gasteiger partial charge on any atom is 0.137 e. The Balaban J connectivity index is 1.69. The molecule has 4 nitrogen and oxygen atoms in total. The van der Waals surface area contributed by atoms with E-state index in [4.69, 9.17) is 4.74 Å². The molecule has 0 fully saturated rings. The van der Waals surface area contributed by atoms with Crippen molar-refractivity contribution in [3.05, 3.63) is 73.2 Å². The van der Waals surface area contributed by atoms with Gasteiger partial charge in [-0.2, -0.15) is 0 Å². The number of para-hydroxylation sites is 1. The molecule has 4 heteroatoms. The van der Waals surface area contributed by atoms with Gasteiger partial charge in [-0.05, 0) is 41.3 Å². The van der Waals surface area contributed by atoms with Crippen LogP contribution in [-0.4, -0.2) is 22.1 Å². The van der Waals surface area contributed by atoms with Crippen LogP contribution in [0, 0.1) is 0 Å². The minimum absolute atomic E-state index is 0.854. The third-order valence-corrected chi connectivity index (χ3v) is 4.81. The minimum atomic E-state index is 0.854. The molecule has 0 aliphatic rings. The van der Waals surface area contributed by atoms with Crippen molar-refractivity contribution in [2.24, 2.45) is 0 Å². The van der Waals surface area contributed by atoms with Gasteiger partial charge < -0.3 is 14.7 Å². The molecule has 0 aliphatic heterocycles. The molecule has 0 unspecified atom stereocenters. The van der Waals surface area contributed by atoms with Gasteiger partial charge in [0.15, 0.2) is 0 Å². The zero-order valence-corrected chi connectivity index (χ0v) is 14.3. The Morgan fingerprint density at radius 3 is 2.73 bits per heavy atom. The Hall–Kier alpha value is -3.53. The highest BCUT2D eigenvalue weighted by molar-refractivity contribution is 5.97. The van der Waals surface area contributed by atoms with Crippen LogP contribution in [0.4, 0.5) is 0 Å². The number of ether oxygens (including phenoxy) is 1. The summed E-state index contributed by atoms with van der Waals surface area (Å²) in [7, 11) is 1.70. The summed E-state index contributed by atoms with van der Waals surface area (Å²) < 4.78 is 5.53. The Bertz CT molecular complexity index is 1230. The van der Waals surface area contributed by atoms with Crippen molar-refractivity contribution in [3.63, 3.8) is 0 Å². The number of benzene rings is 2. The van der Waals surface area contributed by atoms with E-state index in [1.807, 2.05) is 36.8 Å². The molecule has 0 radical (unpaired) electrons. The average Bonchev–Trinajstić information content (AvgIpc) is 3.33. The molecule has 126 valence electrons. The Morgan fingerprint density at radius 1 is 0.885 bits per heavy atom. The van der Waals surface area contributed by atoms with Crippen molar-refractivity contribution in [2.75, 3.05) is 7.11 Å². The summed E-state index contributed by atoms with van der Waals surface area (Å²) in [5.41, 5.74) is 6.40. The largest absolute Gasteiger partial charge is 0.496 e. The van der Waals surface area contributed by atoms with Gasteiger partial charge in [0.05, 0.1) is 7.11 Å². The fourth-order valence-corrected chi connectivity index (χ4v) is 3.48. The lowest BCUT2D eigenvalue weighted by Gasteiger charge is -2.08. The van der Waals surface area contributed by atoms with E-state index in [0.29, 0.717) is 0 Å². The van der Waals surface area contributed by atoms with Gasteiger partial charge in [-0.1, -0.05) is 24.3 Å². The number of nitrogens with one attached hydrogen (secondary N) is 2. The van der Waals surface area contributed by atoms with Gasteiger partial charge in [0.25, 0.3) is 0 Å². The van der Waals surface area contributed by atoms with E-state index in [1.54, 1.807) is 7.11 Å². The summed E-state index contributed by atoms with van der Waals surface area (Å²) in [6, 6.07) is 18.7. The topological polar surface area (TPSA) is 53.7 Å². The predicted octanol–water partition coefficient (Wildman–Crippen LogP) is 5.39. The summed E-state index contributed by atoms with van der Waals surface area (Å²) in [6.07, 6.45) is 5.87. The Labute approximate surface area is 150 Å². The van der Waals surface area contributed by atoms with E-state index in [1.165, 1.54) is 5.39 Å². The number of nitrogens with zero attached hydrogens (tertiary/aromatic N) is 1. The second-order valence-electron chi connectivity index (χ2n) is 6.30. The maximum atomic E-state index is 5.53. The van der Waals surface area contributed by atoms with E-state index in [0.717, 1.165) is 44.6 Å². The number of pyridine rings is 1. The van der Waals surface area contributed by atoms with Gasteiger partial charge >= 0.3 is 0 Å². The standard InChI is InChI=1S/C22H17N3O/c1-26-21-5-3-2-4-17(21)19-13-25-22-18(19)11-16(12-24-22)14-6-7-20-15(10-14)8-9-23-20/h2-13,23H,1H3,(H,24,25). The van der Waals surface area contributed by atoms with Crippen molar-refractivity contribution in [2.45, 2.75) is 0 Å². The third-order valence-electron chi connectivity index (χ3n) is 4.81. The van der Waals surface area contributed by atoms with E-state index >= 15 is 0 Å². The predicted molar refractivity (Wildman–Crippen MR) is 105 cm³/mol. The van der Waals surface area contributed by atoms with E-state index in [9.17, 15) is 0 Å². The van der Waals surface area contributed by atoms with Crippen LogP contribution in [0.5, 0.6) is 5.75 Å². The molecule has 26 heavy (non-hydrogen) atoms. The van der Waals surface area contributed by atoms with Crippen LogP contribution < -0.4 is 4.74 Å². The highest BCUT2D eigenvalue weighted by Gasteiger charge is 2.12. The van der Waals surface area contributed by atoms with Crippen LogP contribution >= 0.6 is 0 Å². The molecule has 2 N–H and O–H groups in total. The van der Waals surface area contributed by atoms with Crippen molar-refractivity contribution >= 4 is 21.9 Å². The first-order valence-corrected chi connectivity index (χ1v) is 8.51. The third kappa shape index (κ3) is 2.27. The van der Waals surface area contributed by atoms with Crippen molar-refractivity contribution in [1.29, 1.82) is 0 Å². The van der Waals surface area contributed by atoms with Crippen molar-refractivity contribution < 1.29 is 4.74 Å². The molecule has 0 aliphatic carbocycles. The molecule has 0 bridgehead atoms. The molecule has 0 saturated carbocycles. The summed E-state index contributed by atoms with van der Waals surface area (Å²) in [5, 5.41) is 2.28. The number of H-pyrrole nitrogens is 2. The van der Waals surface area contributed by atoms with Crippen LogP contribution in [0.3, 0.4) is 0 Å². The second-order valence-corrected chi connectivity index (χ2v) is 6.30. The summed E-state index contributed by atoms with van der Waals surface area (Å²) in [4.78, 5) is 11.1. The van der Waals surface area contributed by atoms with Crippen LogP contribution in [0.25, 0.3) is 44.2 Å². The molecule has 0 atom stereocenters. The molecule has 5 rings (SSSR count). The Kier molecular flexibility index (Phi) is 3.28. The van der Waals surface area contributed by atoms with Gasteiger partial charge in [-0.3, -0.25) is 0 Å². The van der Waals surface area contributed by atoms with E-state index < -0.39 is 0 Å². The summed E-state index contributed by atoms with van der Waals surface area (Å²) in [6.45, 7) is 0. The summed E-state index contributed by atoms with van der Waals surface area (Å²) >= 11 is 0. The zero-order chi connectivity index (χ0) is 17.5. The zero-order valence-electron chi connectivity index (χ0n) is 14.3. The van der Waals surface area contributed by atoms with Crippen LogP contribution in [0.15, 0.2) is 73.2 Å². The van der Waals surface area contributed by atoms with Crippen LogP contribution in [-0.2, 0) is 0 Å². The lowest BCUT2D eigenvalue weighted by Crippen LogP contribution is -1.87. The summed E-state index contributed by atoms with van der Waals surface area (Å²) in [5.74, 6) is 0.854. The molecule has 0 spiro atoms. The van der Waals surface area contributed by atoms with Gasteiger partial charge in [0.1, 0.15) is 11.4 Å². The van der Waals surface area contributed by atoms with E-state index in [2.05, 4.69) is 51.4 Å². The average molecular weight is 339 g/mol. The lowest BCUT2D eigenvalue weighted by atomic mass is 10.0.